The Labute approximate surface area is 136 Å². The zero-order chi connectivity index (χ0) is 17.7. The molecule has 2 rings (SSSR count). The fraction of sp³-hybridized carbons (Fsp3) is 0.250. The van der Waals surface area contributed by atoms with Crippen LogP contribution in [0.3, 0.4) is 0 Å². The minimum atomic E-state index is -4.66. The van der Waals surface area contributed by atoms with Gasteiger partial charge in [-0.25, -0.2) is 0 Å². The third kappa shape index (κ3) is 4.45. The van der Waals surface area contributed by atoms with E-state index in [1.165, 1.54) is 0 Å². The van der Waals surface area contributed by atoms with Gasteiger partial charge >= 0.3 is 11.9 Å². The summed E-state index contributed by atoms with van der Waals surface area (Å²) in [6.07, 6.45) is -3.18. The Morgan fingerprint density at radius 1 is 1.17 bits per heavy atom. The third-order valence-corrected chi connectivity index (χ3v) is 3.28. The normalized spacial score (nSPS) is 11.3. The summed E-state index contributed by atoms with van der Waals surface area (Å²) in [5, 5.41) is 11.0. The monoisotopic (exact) mass is 340 g/mol. The number of nitro benzene ring substituents is 1. The average molecular weight is 340 g/mol. The Kier molecular flexibility index (Phi) is 5.40. The lowest BCUT2D eigenvalue weighted by Gasteiger charge is -2.10. The number of nitrogens with zero attached hydrogens (tertiary/aromatic N) is 1. The van der Waals surface area contributed by atoms with Gasteiger partial charge in [-0.3, -0.25) is 10.1 Å². The second-order valence-electron chi connectivity index (χ2n) is 5.08. The van der Waals surface area contributed by atoms with Gasteiger partial charge in [0.1, 0.15) is 5.75 Å². The highest BCUT2D eigenvalue weighted by Gasteiger charge is 2.33. The Hall–Kier alpha value is -2.61. The van der Waals surface area contributed by atoms with Gasteiger partial charge in [-0.05, 0) is 49.2 Å². The highest BCUT2D eigenvalue weighted by molar-refractivity contribution is 5.51. The molecule has 0 radical (unpaired) electrons. The van der Waals surface area contributed by atoms with Crippen molar-refractivity contribution in [3.8, 4) is 11.5 Å². The standard InChI is InChI=1S/C16H15F3N2O3/c17-16(18,19)12-6-7-15(14(10-12)21(22)23)24-13-5-1-3-11(9-13)4-2-8-20/h1,3,5-7,9-10H,2,4,8,20H2. The van der Waals surface area contributed by atoms with Gasteiger partial charge in [0.25, 0.3) is 0 Å². The van der Waals surface area contributed by atoms with Crippen LogP contribution in [0.4, 0.5) is 18.9 Å². The Bertz CT molecular complexity index is 733. The van der Waals surface area contributed by atoms with Gasteiger partial charge in [0.15, 0.2) is 0 Å². The van der Waals surface area contributed by atoms with Crippen LogP contribution in [-0.2, 0) is 12.6 Å². The molecule has 2 aromatic rings. The first-order valence-electron chi connectivity index (χ1n) is 7.14. The molecule has 0 aliphatic heterocycles. The summed E-state index contributed by atoms with van der Waals surface area (Å²) in [5.41, 5.74) is 4.53. The van der Waals surface area contributed by atoms with Gasteiger partial charge in [0, 0.05) is 6.07 Å². The Morgan fingerprint density at radius 3 is 2.54 bits per heavy atom. The number of hydrogen-bond donors (Lipinski definition) is 1. The summed E-state index contributed by atoms with van der Waals surface area (Å²) in [6.45, 7) is 0.523. The summed E-state index contributed by atoms with van der Waals surface area (Å²) in [4.78, 5) is 10.1. The summed E-state index contributed by atoms with van der Waals surface area (Å²) >= 11 is 0. The van der Waals surface area contributed by atoms with Gasteiger partial charge in [0.2, 0.25) is 5.75 Å². The van der Waals surface area contributed by atoms with Crippen molar-refractivity contribution in [3.63, 3.8) is 0 Å². The maximum atomic E-state index is 12.7. The number of alkyl halides is 3. The van der Waals surface area contributed by atoms with Gasteiger partial charge in [-0.1, -0.05) is 12.1 Å². The summed E-state index contributed by atoms with van der Waals surface area (Å²) in [5.74, 6) is 0.0661. The summed E-state index contributed by atoms with van der Waals surface area (Å²) < 4.78 is 43.5. The molecule has 0 saturated carbocycles. The quantitative estimate of drug-likeness (QED) is 0.628. The van der Waals surface area contributed by atoms with Crippen LogP contribution < -0.4 is 10.5 Å². The van der Waals surface area contributed by atoms with Crippen molar-refractivity contribution >= 4 is 5.69 Å². The predicted octanol–water partition coefficient (Wildman–Crippen LogP) is 4.30. The van der Waals surface area contributed by atoms with E-state index < -0.39 is 22.4 Å². The number of hydrogen-bond acceptors (Lipinski definition) is 4. The van der Waals surface area contributed by atoms with Crippen LogP contribution in [0.5, 0.6) is 11.5 Å². The molecule has 2 aromatic carbocycles. The molecule has 0 fully saturated rings. The van der Waals surface area contributed by atoms with Crippen molar-refractivity contribution in [1.82, 2.24) is 0 Å². The lowest BCUT2D eigenvalue weighted by Crippen LogP contribution is -2.06. The summed E-state index contributed by atoms with van der Waals surface area (Å²) in [7, 11) is 0. The van der Waals surface area contributed by atoms with Crippen molar-refractivity contribution in [2.45, 2.75) is 19.0 Å². The zero-order valence-electron chi connectivity index (χ0n) is 12.5. The lowest BCUT2D eigenvalue weighted by molar-refractivity contribution is -0.385. The first-order valence-corrected chi connectivity index (χ1v) is 7.14. The predicted molar refractivity (Wildman–Crippen MR) is 82.0 cm³/mol. The molecular formula is C16H15F3N2O3. The number of halogens is 3. The van der Waals surface area contributed by atoms with Crippen LogP contribution >= 0.6 is 0 Å². The second-order valence-corrected chi connectivity index (χ2v) is 5.08. The minimum Gasteiger partial charge on any atom is -0.450 e. The molecule has 2 N–H and O–H groups in total. The van der Waals surface area contributed by atoms with Crippen molar-refractivity contribution < 1.29 is 22.8 Å². The number of ether oxygens (including phenoxy) is 1. The van der Waals surface area contributed by atoms with E-state index in [4.69, 9.17) is 10.5 Å². The molecule has 0 bridgehead atoms. The van der Waals surface area contributed by atoms with Gasteiger partial charge in [-0.15, -0.1) is 0 Å². The largest absolute Gasteiger partial charge is 0.450 e. The molecule has 0 heterocycles. The smallest absolute Gasteiger partial charge is 0.416 e. The average Bonchev–Trinajstić information content (AvgIpc) is 2.52. The molecule has 8 heteroatoms. The fourth-order valence-corrected chi connectivity index (χ4v) is 2.12. The molecule has 0 amide bonds. The van der Waals surface area contributed by atoms with Crippen LogP contribution in [-0.4, -0.2) is 11.5 Å². The maximum absolute atomic E-state index is 12.7. The fourth-order valence-electron chi connectivity index (χ4n) is 2.12. The van der Waals surface area contributed by atoms with E-state index in [9.17, 15) is 23.3 Å². The van der Waals surface area contributed by atoms with Crippen molar-refractivity contribution in [3.05, 3.63) is 63.7 Å². The topological polar surface area (TPSA) is 78.4 Å². The molecule has 0 aliphatic carbocycles. The molecule has 24 heavy (non-hydrogen) atoms. The van der Waals surface area contributed by atoms with Crippen molar-refractivity contribution in [2.75, 3.05) is 6.54 Å². The molecule has 0 spiro atoms. The van der Waals surface area contributed by atoms with Crippen LogP contribution in [0.15, 0.2) is 42.5 Å². The number of aryl methyl sites for hydroxylation is 1. The SMILES string of the molecule is NCCCc1cccc(Oc2ccc(C(F)(F)F)cc2[N+](=O)[O-])c1. The number of nitrogens with two attached hydrogens (primary N) is 1. The zero-order valence-corrected chi connectivity index (χ0v) is 12.5. The van der Waals surface area contributed by atoms with E-state index in [1.807, 2.05) is 6.07 Å². The maximum Gasteiger partial charge on any atom is 0.416 e. The van der Waals surface area contributed by atoms with Crippen LogP contribution in [0.2, 0.25) is 0 Å². The minimum absolute atomic E-state index is 0.246. The van der Waals surface area contributed by atoms with E-state index in [0.29, 0.717) is 24.8 Å². The van der Waals surface area contributed by atoms with Crippen LogP contribution in [0.1, 0.15) is 17.5 Å². The molecule has 0 aromatic heterocycles. The third-order valence-electron chi connectivity index (χ3n) is 3.28. The van der Waals surface area contributed by atoms with E-state index in [-0.39, 0.29) is 5.75 Å². The van der Waals surface area contributed by atoms with Crippen molar-refractivity contribution in [2.24, 2.45) is 5.73 Å². The molecule has 0 saturated heterocycles. The first kappa shape index (κ1) is 17.7. The lowest BCUT2D eigenvalue weighted by atomic mass is 10.1. The molecule has 128 valence electrons. The highest BCUT2D eigenvalue weighted by Crippen LogP contribution is 2.37. The van der Waals surface area contributed by atoms with E-state index >= 15 is 0 Å². The number of benzene rings is 2. The van der Waals surface area contributed by atoms with Crippen LogP contribution in [0, 0.1) is 10.1 Å². The van der Waals surface area contributed by atoms with Crippen molar-refractivity contribution in [1.29, 1.82) is 0 Å². The molecule has 0 unspecified atom stereocenters. The first-order chi connectivity index (χ1) is 11.3. The Morgan fingerprint density at radius 2 is 1.92 bits per heavy atom. The molecular weight excluding hydrogens is 325 g/mol. The number of nitro groups is 1. The Balaban J connectivity index is 2.31. The summed E-state index contributed by atoms with van der Waals surface area (Å²) in [6, 6.07) is 8.98. The van der Waals surface area contributed by atoms with Gasteiger partial charge in [-0.2, -0.15) is 13.2 Å². The molecule has 0 atom stereocenters. The second kappa shape index (κ2) is 7.31. The van der Waals surface area contributed by atoms with E-state index in [1.54, 1.807) is 18.2 Å². The number of rotatable bonds is 6. The van der Waals surface area contributed by atoms with E-state index in [2.05, 4.69) is 0 Å². The van der Waals surface area contributed by atoms with E-state index in [0.717, 1.165) is 24.1 Å². The molecule has 0 aliphatic rings. The molecule has 5 nitrogen and oxygen atoms in total. The van der Waals surface area contributed by atoms with Gasteiger partial charge in [0.05, 0.1) is 10.5 Å². The highest BCUT2D eigenvalue weighted by atomic mass is 19.4. The van der Waals surface area contributed by atoms with Crippen LogP contribution in [0.25, 0.3) is 0 Å². The van der Waals surface area contributed by atoms with Gasteiger partial charge < -0.3 is 10.5 Å².